The van der Waals surface area contributed by atoms with Gasteiger partial charge in [0.1, 0.15) is 12.4 Å². The molecular formula is C26H28ClNO5. The molecule has 1 unspecified atom stereocenters. The molecule has 2 aromatic carbocycles. The van der Waals surface area contributed by atoms with Crippen molar-refractivity contribution in [1.29, 1.82) is 0 Å². The maximum absolute atomic E-state index is 12.3. The van der Waals surface area contributed by atoms with Crippen molar-refractivity contribution < 1.29 is 23.8 Å². The van der Waals surface area contributed by atoms with E-state index in [1.165, 1.54) is 7.11 Å². The van der Waals surface area contributed by atoms with E-state index in [1.807, 2.05) is 45.0 Å². The van der Waals surface area contributed by atoms with Crippen LogP contribution in [-0.2, 0) is 20.8 Å². The molecule has 0 N–H and O–H groups in total. The van der Waals surface area contributed by atoms with Crippen molar-refractivity contribution in [3.05, 3.63) is 76.5 Å². The molecule has 0 aliphatic heterocycles. The zero-order chi connectivity index (χ0) is 24.1. The monoisotopic (exact) mass is 469 g/mol. The van der Waals surface area contributed by atoms with Crippen molar-refractivity contribution in [3.63, 3.8) is 0 Å². The van der Waals surface area contributed by atoms with Gasteiger partial charge in [0.05, 0.1) is 17.7 Å². The molecule has 1 heterocycles. The number of carbonyl (C=O) groups is 2. The van der Waals surface area contributed by atoms with E-state index >= 15 is 0 Å². The van der Waals surface area contributed by atoms with Crippen LogP contribution in [0.2, 0.25) is 5.02 Å². The Morgan fingerprint density at radius 1 is 1.18 bits per heavy atom. The second-order valence-corrected chi connectivity index (χ2v) is 8.13. The molecular weight excluding hydrogens is 442 g/mol. The Balaban J connectivity index is 1.93. The highest BCUT2D eigenvalue weighted by atomic mass is 35.5. The Labute approximate surface area is 198 Å². The fraction of sp³-hybridized carbons (Fsp3) is 0.308. The molecule has 0 fully saturated rings. The lowest BCUT2D eigenvalue weighted by Gasteiger charge is -2.17. The van der Waals surface area contributed by atoms with E-state index in [1.54, 1.807) is 18.2 Å². The third-order valence-electron chi connectivity index (χ3n) is 5.65. The van der Waals surface area contributed by atoms with Gasteiger partial charge >= 0.3 is 11.9 Å². The van der Waals surface area contributed by atoms with Crippen LogP contribution < -0.4 is 4.74 Å². The van der Waals surface area contributed by atoms with Crippen LogP contribution >= 0.6 is 11.6 Å². The van der Waals surface area contributed by atoms with Crippen LogP contribution in [0.3, 0.4) is 0 Å². The number of aryl methyl sites for hydroxylation is 1. The number of carbonyl (C=O) groups excluding carboxylic acids is 2. The number of rotatable bonds is 9. The van der Waals surface area contributed by atoms with Crippen molar-refractivity contribution in [2.45, 2.75) is 39.8 Å². The fourth-order valence-corrected chi connectivity index (χ4v) is 3.86. The van der Waals surface area contributed by atoms with Crippen molar-refractivity contribution in [2.75, 3.05) is 13.7 Å². The number of methoxy groups -OCH3 is 1. The van der Waals surface area contributed by atoms with Crippen LogP contribution in [-0.4, -0.2) is 36.3 Å². The smallest absolute Gasteiger partial charge is 0.347 e. The molecule has 0 spiro atoms. The van der Waals surface area contributed by atoms with Gasteiger partial charge in [0.25, 0.3) is 0 Å². The minimum absolute atomic E-state index is 0.172. The van der Waals surface area contributed by atoms with Gasteiger partial charge in [-0.25, -0.2) is 9.59 Å². The molecule has 1 atom stereocenters. The van der Waals surface area contributed by atoms with Gasteiger partial charge in [-0.15, -0.1) is 0 Å². The molecule has 3 aromatic rings. The summed E-state index contributed by atoms with van der Waals surface area (Å²) in [5.41, 5.74) is 4.64. The third kappa shape index (κ3) is 5.22. The van der Waals surface area contributed by atoms with Gasteiger partial charge in [-0.1, -0.05) is 37.2 Å². The van der Waals surface area contributed by atoms with Gasteiger partial charge in [-0.05, 0) is 61.7 Å². The highest BCUT2D eigenvalue weighted by Crippen LogP contribution is 2.31. The number of halogens is 1. The second-order valence-electron chi connectivity index (χ2n) is 7.72. The Morgan fingerprint density at radius 2 is 1.94 bits per heavy atom. The maximum atomic E-state index is 12.3. The molecule has 0 amide bonds. The number of fused-ring (bicyclic) bond motifs is 1. The van der Waals surface area contributed by atoms with Gasteiger partial charge in [0, 0.05) is 23.1 Å². The summed E-state index contributed by atoms with van der Waals surface area (Å²) in [5.74, 6) is -0.383. The van der Waals surface area contributed by atoms with Crippen molar-refractivity contribution in [3.8, 4) is 5.75 Å². The van der Waals surface area contributed by atoms with E-state index < -0.39 is 12.1 Å². The first-order chi connectivity index (χ1) is 15.8. The van der Waals surface area contributed by atoms with Gasteiger partial charge in [0.15, 0.2) is 6.10 Å². The lowest BCUT2D eigenvalue weighted by Crippen LogP contribution is -2.27. The van der Waals surface area contributed by atoms with E-state index in [2.05, 4.69) is 11.1 Å². The Hall–Kier alpha value is -3.25. The Kier molecular flexibility index (Phi) is 7.82. The zero-order valence-corrected chi connectivity index (χ0v) is 20.1. The molecule has 0 saturated heterocycles. The van der Waals surface area contributed by atoms with Crippen LogP contribution in [0.25, 0.3) is 10.9 Å². The quantitative estimate of drug-likeness (QED) is 0.300. The predicted molar refractivity (Wildman–Crippen MR) is 129 cm³/mol. The molecule has 1 aromatic heterocycles. The van der Waals surface area contributed by atoms with Gasteiger partial charge in [-0.3, -0.25) is 0 Å². The number of nitrogens with zero attached hydrogens (tertiary/aromatic N) is 1. The van der Waals surface area contributed by atoms with Crippen LogP contribution in [0.1, 0.15) is 40.5 Å². The Bertz CT molecular complexity index is 1200. The third-order valence-corrected chi connectivity index (χ3v) is 5.96. The summed E-state index contributed by atoms with van der Waals surface area (Å²) in [5, 5.41) is 1.41. The van der Waals surface area contributed by atoms with Gasteiger partial charge in [-0.2, -0.15) is 0 Å². The number of hydrogen-bond donors (Lipinski definition) is 0. The summed E-state index contributed by atoms with van der Waals surface area (Å²) in [4.78, 5) is 24.2. The normalized spacial score (nSPS) is 11.8. The minimum atomic E-state index is -0.724. The fourth-order valence-electron chi connectivity index (χ4n) is 3.70. The predicted octanol–water partition coefficient (Wildman–Crippen LogP) is 5.63. The lowest BCUT2D eigenvalue weighted by atomic mass is 10.1. The summed E-state index contributed by atoms with van der Waals surface area (Å²) in [7, 11) is 1.33. The molecule has 0 radical (unpaired) electrons. The largest absolute Gasteiger partial charge is 0.477 e. The number of ether oxygens (including phenoxy) is 3. The standard InChI is InChI=1S/C26H28ClNO5/c1-6-12-32-25(29)19-9-11-22-20(14-19)16(3)17(4)28(22)15-18-8-10-21(27)24(13-18)33-23(7-2)26(30)31-5/h6,8-11,13-14,23H,1,7,12,15H2,2-5H3. The summed E-state index contributed by atoms with van der Waals surface area (Å²) >= 11 is 6.33. The molecule has 33 heavy (non-hydrogen) atoms. The van der Waals surface area contributed by atoms with Crippen molar-refractivity contribution >= 4 is 34.4 Å². The Morgan fingerprint density at radius 3 is 2.61 bits per heavy atom. The second kappa shape index (κ2) is 10.6. The maximum Gasteiger partial charge on any atom is 0.347 e. The zero-order valence-electron chi connectivity index (χ0n) is 19.3. The molecule has 0 aliphatic carbocycles. The van der Waals surface area contributed by atoms with Crippen LogP contribution in [0.4, 0.5) is 0 Å². The first-order valence-corrected chi connectivity index (χ1v) is 11.1. The number of aromatic nitrogens is 1. The molecule has 174 valence electrons. The molecule has 0 aliphatic rings. The summed E-state index contributed by atoms with van der Waals surface area (Å²) in [6.45, 7) is 10.2. The van der Waals surface area contributed by atoms with E-state index in [-0.39, 0.29) is 12.6 Å². The highest BCUT2D eigenvalue weighted by molar-refractivity contribution is 6.32. The van der Waals surface area contributed by atoms with E-state index in [0.29, 0.717) is 29.3 Å². The lowest BCUT2D eigenvalue weighted by molar-refractivity contribution is -0.148. The average Bonchev–Trinajstić information content (AvgIpc) is 3.06. The van der Waals surface area contributed by atoms with E-state index in [0.717, 1.165) is 27.7 Å². The number of benzene rings is 2. The summed E-state index contributed by atoms with van der Waals surface area (Å²) < 4.78 is 18.0. The van der Waals surface area contributed by atoms with Gasteiger partial charge in [0.2, 0.25) is 0 Å². The molecule has 6 nitrogen and oxygen atoms in total. The molecule has 3 rings (SSSR count). The van der Waals surface area contributed by atoms with Crippen LogP contribution in [0.5, 0.6) is 5.75 Å². The number of esters is 2. The topological polar surface area (TPSA) is 66.8 Å². The number of hydrogen-bond acceptors (Lipinski definition) is 5. The van der Waals surface area contributed by atoms with Crippen molar-refractivity contribution in [2.24, 2.45) is 0 Å². The molecule has 0 bridgehead atoms. The van der Waals surface area contributed by atoms with Crippen LogP contribution in [0, 0.1) is 13.8 Å². The average molecular weight is 470 g/mol. The summed E-state index contributed by atoms with van der Waals surface area (Å²) in [6, 6.07) is 11.1. The summed E-state index contributed by atoms with van der Waals surface area (Å²) in [6.07, 6.45) is 1.28. The van der Waals surface area contributed by atoms with Crippen LogP contribution in [0.15, 0.2) is 49.1 Å². The SMILES string of the molecule is C=CCOC(=O)c1ccc2c(c1)c(C)c(C)n2Cc1ccc(Cl)c(OC(CC)C(=O)OC)c1. The minimum Gasteiger partial charge on any atom is -0.477 e. The van der Waals surface area contributed by atoms with Gasteiger partial charge < -0.3 is 18.8 Å². The van der Waals surface area contributed by atoms with E-state index in [4.69, 9.17) is 25.8 Å². The molecule has 7 heteroatoms. The first kappa shape index (κ1) is 24.4. The highest BCUT2D eigenvalue weighted by Gasteiger charge is 2.21. The first-order valence-electron chi connectivity index (χ1n) is 10.7. The molecule has 0 saturated carbocycles. The van der Waals surface area contributed by atoms with Crippen molar-refractivity contribution in [1.82, 2.24) is 4.57 Å². The van der Waals surface area contributed by atoms with E-state index in [9.17, 15) is 9.59 Å².